The molecule has 0 aliphatic carbocycles. The Balaban J connectivity index is 1.71. The van der Waals surface area contributed by atoms with Gasteiger partial charge in [0.2, 0.25) is 0 Å². The summed E-state index contributed by atoms with van der Waals surface area (Å²) in [6.45, 7) is 0. The van der Waals surface area contributed by atoms with Gasteiger partial charge in [0.25, 0.3) is 0 Å². The van der Waals surface area contributed by atoms with Crippen LogP contribution < -0.4 is 5.73 Å². The third-order valence-electron chi connectivity index (χ3n) is 4.90. The molecule has 0 bridgehead atoms. The highest BCUT2D eigenvalue weighted by Gasteiger charge is 2.20. The van der Waals surface area contributed by atoms with Crippen LogP contribution in [0.3, 0.4) is 0 Å². The van der Waals surface area contributed by atoms with Gasteiger partial charge in [0.15, 0.2) is 0 Å². The Hall–Kier alpha value is -3.09. The SMILES string of the molecule is Cn1ccc2cc(-c3csc4ncnc(C(N)c5ccccn5)c34)ccc21. The molecular formula is C21H17N5S. The van der Waals surface area contributed by atoms with Gasteiger partial charge in [0, 0.05) is 46.7 Å². The van der Waals surface area contributed by atoms with E-state index in [0.29, 0.717) is 0 Å². The molecule has 1 atom stereocenters. The summed E-state index contributed by atoms with van der Waals surface area (Å²) in [5.74, 6) is 0. The van der Waals surface area contributed by atoms with Gasteiger partial charge < -0.3 is 10.3 Å². The number of nitrogens with two attached hydrogens (primary N) is 1. The van der Waals surface area contributed by atoms with Crippen LogP contribution in [-0.4, -0.2) is 19.5 Å². The van der Waals surface area contributed by atoms with E-state index in [9.17, 15) is 0 Å². The Kier molecular flexibility index (Phi) is 3.74. The van der Waals surface area contributed by atoms with Crippen LogP contribution in [0.25, 0.3) is 32.2 Å². The zero-order valence-electron chi connectivity index (χ0n) is 14.7. The summed E-state index contributed by atoms with van der Waals surface area (Å²) < 4.78 is 2.12. The monoisotopic (exact) mass is 371 g/mol. The molecule has 5 rings (SSSR count). The number of aromatic nitrogens is 4. The lowest BCUT2D eigenvalue weighted by Gasteiger charge is -2.12. The van der Waals surface area contributed by atoms with Crippen molar-refractivity contribution in [3.63, 3.8) is 0 Å². The zero-order valence-corrected chi connectivity index (χ0v) is 15.5. The van der Waals surface area contributed by atoms with Crippen LogP contribution in [0, 0.1) is 0 Å². The standard InChI is InChI=1S/C21H17N5S/c1-26-9-7-14-10-13(5-6-17(14)26)15-11-27-21-18(15)20(24-12-25-21)19(22)16-4-2-3-8-23-16/h2-12,19H,22H2,1H3. The lowest BCUT2D eigenvalue weighted by molar-refractivity contribution is 0.800. The molecule has 0 amide bonds. The van der Waals surface area contributed by atoms with E-state index in [1.807, 2.05) is 18.2 Å². The highest BCUT2D eigenvalue weighted by Crippen LogP contribution is 2.37. The van der Waals surface area contributed by atoms with E-state index in [4.69, 9.17) is 5.73 Å². The molecule has 5 nitrogen and oxygen atoms in total. The highest BCUT2D eigenvalue weighted by atomic mass is 32.1. The first-order chi connectivity index (χ1) is 13.2. The zero-order chi connectivity index (χ0) is 18.4. The second-order valence-corrected chi connectivity index (χ2v) is 7.38. The van der Waals surface area contributed by atoms with Gasteiger partial charge >= 0.3 is 0 Å². The Morgan fingerprint density at radius 1 is 1.07 bits per heavy atom. The van der Waals surface area contributed by atoms with Gasteiger partial charge in [-0.3, -0.25) is 4.98 Å². The van der Waals surface area contributed by atoms with E-state index >= 15 is 0 Å². The fraction of sp³-hybridized carbons (Fsp3) is 0.0952. The van der Waals surface area contributed by atoms with Crippen LogP contribution in [0.4, 0.5) is 0 Å². The first-order valence-corrected chi connectivity index (χ1v) is 9.54. The summed E-state index contributed by atoms with van der Waals surface area (Å²) in [6, 6.07) is 14.0. The normalized spacial score (nSPS) is 12.7. The smallest absolute Gasteiger partial charge is 0.127 e. The van der Waals surface area contributed by atoms with Crippen molar-refractivity contribution >= 4 is 32.5 Å². The van der Waals surface area contributed by atoms with E-state index < -0.39 is 6.04 Å². The molecule has 2 N–H and O–H groups in total. The fourth-order valence-corrected chi connectivity index (χ4v) is 4.42. The molecule has 0 saturated heterocycles. The minimum Gasteiger partial charge on any atom is -0.351 e. The van der Waals surface area contributed by atoms with Crippen LogP contribution in [0.15, 0.2) is 66.6 Å². The van der Waals surface area contributed by atoms with Crippen LogP contribution in [0.1, 0.15) is 17.4 Å². The molecule has 132 valence electrons. The van der Waals surface area contributed by atoms with Gasteiger partial charge in [-0.25, -0.2) is 9.97 Å². The van der Waals surface area contributed by atoms with Crippen molar-refractivity contribution in [1.82, 2.24) is 19.5 Å². The first-order valence-electron chi connectivity index (χ1n) is 8.66. The maximum absolute atomic E-state index is 6.53. The van der Waals surface area contributed by atoms with E-state index in [1.54, 1.807) is 23.9 Å². The summed E-state index contributed by atoms with van der Waals surface area (Å²) >= 11 is 1.61. The summed E-state index contributed by atoms with van der Waals surface area (Å²) in [5, 5.41) is 4.36. The maximum atomic E-state index is 6.53. The number of benzene rings is 1. The lowest BCUT2D eigenvalue weighted by atomic mass is 10.00. The van der Waals surface area contributed by atoms with Gasteiger partial charge in [-0.15, -0.1) is 11.3 Å². The van der Waals surface area contributed by atoms with Crippen molar-refractivity contribution in [3.8, 4) is 11.1 Å². The van der Waals surface area contributed by atoms with E-state index in [1.165, 1.54) is 10.9 Å². The Morgan fingerprint density at radius 2 is 2.00 bits per heavy atom. The summed E-state index contributed by atoms with van der Waals surface area (Å²) in [4.78, 5) is 14.3. The minimum absolute atomic E-state index is 0.398. The van der Waals surface area contributed by atoms with Crippen LogP contribution >= 0.6 is 11.3 Å². The average Bonchev–Trinajstić information content (AvgIpc) is 3.31. The number of aryl methyl sites for hydroxylation is 1. The van der Waals surface area contributed by atoms with Crippen molar-refractivity contribution < 1.29 is 0 Å². The molecular weight excluding hydrogens is 354 g/mol. The highest BCUT2D eigenvalue weighted by molar-refractivity contribution is 7.17. The third kappa shape index (κ3) is 2.61. The number of hydrogen-bond acceptors (Lipinski definition) is 5. The molecule has 0 aliphatic heterocycles. The average molecular weight is 371 g/mol. The molecule has 4 heterocycles. The second-order valence-electron chi connectivity index (χ2n) is 6.52. The summed E-state index contributed by atoms with van der Waals surface area (Å²) in [7, 11) is 2.06. The van der Waals surface area contributed by atoms with Crippen LogP contribution in [-0.2, 0) is 7.05 Å². The van der Waals surface area contributed by atoms with Gasteiger partial charge in [-0.1, -0.05) is 12.1 Å². The molecule has 0 aliphatic rings. The van der Waals surface area contributed by atoms with Crippen molar-refractivity contribution in [2.45, 2.75) is 6.04 Å². The number of thiophene rings is 1. The maximum Gasteiger partial charge on any atom is 0.127 e. The number of rotatable bonds is 3. The quantitative estimate of drug-likeness (QED) is 0.513. The molecule has 0 saturated carbocycles. The van der Waals surface area contributed by atoms with Gasteiger partial charge in [0.05, 0.1) is 17.4 Å². The predicted molar refractivity (Wildman–Crippen MR) is 110 cm³/mol. The molecule has 27 heavy (non-hydrogen) atoms. The van der Waals surface area contributed by atoms with Gasteiger partial charge in [-0.2, -0.15) is 0 Å². The van der Waals surface area contributed by atoms with Crippen molar-refractivity contribution in [3.05, 3.63) is 78.0 Å². The molecule has 4 aromatic heterocycles. The fourth-order valence-electron chi connectivity index (χ4n) is 3.50. The lowest BCUT2D eigenvalue weighted by Crippen LogP contribution is -2.15. The predicted octanol–water partition coefficient (Wildman–Crippen LogP) is 4.29. The molecule has 5 aromatic rings. The van der Waals surface area contributed by atoms with Crippen molar-refractivity contribution in [2.75, 3.05) is 0 Å². The molecule has 1 aromatic carbocycles. The van der Waals surface area contributed by atoms with E-state index in [-0.39, 0.29) is 0 Å². The van der Waals surface area contributed by atoms with Crippen LogP contribution in [0.2, 0.25) is 0 Å². The van der Waals surface area contributed by atoms with Gasteiger partial charge in [-0.05, 0) is 35.9 Å². The molecule has 1 unspecified atom stereocenters. The van der Waals surface area contributed by atoms with Crippen molar-refractivity contribution in [1.29, 1.82) is 0 Å². The minimum atomic E-state index is -0.398. The molecule has 0 fully saturated rings. The van der Waals surface area contributed by atoms with E-state index in [0.717, 1.165) is 32.7 Å². The molecule has 0 radical (unpaired) electrons. The largest absolute Gasteiger partial charge is 0.351 e. The number of nitrogens with zero attached hydrogens (tertiary/aromatic N) is 4. The Bertz CT molecular complexity index is 1260. The summed E-state index contributed by atoms with van der Waals surface area (Å²) in [6.07, 6.45) is 5.41. The number of hydrogen-bond donors (Lipinski definition) is 1. The second kappa shape index (κ2) is 6.26. The first kappa shape index (κ1) is 16.1. The van der Waals surface area contributed by atoms with E-state index in [2.05, 4.69) is 62.4 Å². The van der Waals surface area contributed by atoms with Crippen molar-refractivity contribution in [2.24, 2.45) is 12.8 Å². The van der Waals surface area contributed by atoms with Gasteiger partial charge in [0.1, 0.15) is 11.2 Å². The number of fused-ring (bicyclic) bond motifs is 2. The Labute approximate surface area is 160 Å². The number of pyridine rings is 1. The topological polar surface area (TPSA) is 69.6 Å². The van der Waals surface area contributed by atoms with Crippen LogP contribution in [0.5, 0.6) is 0 Å². The Morgan fingerprint density at radius 3 is 2.85 bits per heavy atom. The third-order valence-corrected chi connectivity index (χ3v) is 5.78. The molecule has 6 heteroatoms. The summed E-state index contributed by atoms with van der Waals surface area (Å²) in [5.41, 5.74) is 11.6. The molecule has 0 spiro atoms.